The van der Waals surface area contributed by atoms with Crippen LogP contribution < -0.4 is 9.47 Å². The summed E-state index contributed by atoms with van der Waals surface area (Å²) < 4.78 is 117. The molecule has 11 heteroatoms. The Morgan fingerprint density at radius 3 is 1.95 bits per heavy atom. The molecule has 0 atom stereocenters. The van der Waals surface area contributed by atoms with Crippen molar-refractivity contribution >= 4 is 0 Å². The number of alkyl halides is 5. The van der Waals surface area contributed by atoms with E-state index >= 15 is 8.78 Å². The van der Waals surface area contributed by atoms with E-state index in [-0.39, 0.29) is 41.6 Å². The molecule has 0 bridgehead atoms. The first kappa shape index (κ1) is 30.2. The molecule has 1 saturated carbocycles. The van der Waals surface area contributed by atoms with Gasteiger partial charge in [0.2, 0.25) is 0 Å². The molecule has 42 heavy (non-hydrogen) atoms. The molecular weight excluding hydrogens is 569 g/mol. The fourth-order valence-corrected chi connectivity index (χ4v) is 5.42. The molecule has 1 saturated heterocycles. The largest absolute Gasteiger partial charge is 0.573 e. The van der Waals surface area contributed by atoms with Crippen molar-refractivity contribution in [3.8, 4) is 22.6 Å². The normalized spacial score (nSPS) is 23.4. The fourth-order valence-electron chi connectivity index (χ4n) is 5.42. The van der Waals surface area contributed by atoms with Gasteiger partial charge < -0.3 is 18.9 Å². The van der Waals surface area contributed by atoms with Crippen LogP contribution in [0.25, 0.3) is 11.1 Å². The Hall–Kier alpha value is -3.31. The Labute approximate surface area is 238 Å². The number of rotatable bonds is 7. The predicted octanol–water partition coefficient (Wildman–Crippen LogP) is 9.16. The molecule has 0 radical (unpaired) electrons. The van der Waals surface area contributed by atoms with Crippen molar-refractivity contribution in [3.05, 3.63) is 83.4 Å². The molecular formula is C31H29F7O4. The van der Waals surface area contributed by atoms with Gasteiger partial charge in [-0.2, -0.15) is 8.78 Å². The van der Waals surface area contributed by atoms with Crippen molar-refractivity contribution in [1.82, 2.24) is 0 Å². The number of halogens is 7. The van der Waals surface area contributed by atoms with Gasteiger partial charge in [-0.05, 0) is 73.1 Å². The second kappa shape index (κ2) is 12.1. The standard InChI is InChI=1S/C31H29F7O4/c1-18-16-39-29(40-17-18)21-6-12-25(27(32)14-21)19-2-7-22(8-3-19)30(34,35)41-24-11-13-26(28(33)15-24)20-4-9-23(10-5-20)42-31(36,37)38/h4-6,9-15,18-19,22,29H,2-3,7-8,16-17H2,1H3. The Bertz CT molecular complexity index is 1360. The van der Waals surface area contributed by atoms with E-state index in [9.17, 15) is 22.0 Å². The van der Waals surface area contributed by atoms with Crippen LogP contribution in [0.5, 0.6) is 11.5 Å². The Balaban J connectivity index is 1.18. The van der Waals surface area contributed by atoms with E-state index in [1.165, 1.54) is 30.3 Å². The molecule has 0 N–H and O–H groups in total. The third kappa shape index (κ3) is 7.18. The van der Waals surface area contributed by atoms with Gasteiger partial charge in [0.25, 0.3) is 0 Å². The Morgan fingerprint density at radius 2 is 1.36 bits per heavy atom. The van der Waals surface area contributed by atoms with E-state index in [1.54, 1.807) is 12.1 Å². The molecule has 3 aromatic carbocycles. The van der Waals surface area contributed by atoms with E-state index in [2.05, 4.69) is 4.74 Å². The molecule has 0 unspecified atom stereocenters. The van der Waals surface area contributed by atoms with Gasteiger partial charge in [-0.1, -0.05) is 31.2 Å². The average Bonchev–Trinajstić information content (AvgIpc) is 2.93. The van der Waals surface area contributed by atoms with E-state index < -0.39 is 42.1 Å². The fraction of sp³-hybridized carbons (Fsp3) is 0.419. The highest BCUT2D eigenvalue weighted by Gasteiger charge is 2.44. The van der Waals surface area contributed by atoms with Crippen molar-refractivity contribution in [2.75, 3.05) is 13.2 Å². The Kier molecular flexibility index (Phi) is 8.71. The summed E-state index contributed by atoms with van der Waals surface area (Å²) in [7, 11) is 0. The monoisotopic (exact) mass is 598 g/mol. The molecule has 5 rings (SSSR count). The summed E-state index contributed by atoms with van der Waals surface area (Å²) in [5, 5.41) is 0. The van der Waals surface area contributed by atoms with E-state index in [1.807, 2.05) is 6.92 Å². The zero-order valence-corrected chi connectivity index (χ0v) is 22.6. The summed E-state index contributed by atoms with van der Waals surface area (Å²) in [6.07, 6.45) is -8.27. The van der Waals surface area contributed by atoms with Crippen LogP contribution in [0.15, 0.2) is 60.7 Å². The van der Waals surface area contributed by atoms with E-state index in [0.29, 0.717) is 37.2 Å². The van der Waals surface area contributed by atoms with Gasteiger partial charge in [-0.3, -0.25) is 0 Å². The smallest absolute Gasteiger partial charge is 0.432 e. The van der Waals surface area contributed by atoms with Gasteiger partial charge in [-0.15, -0.1) is 13.2 Å². The van der Waals surface area contributed by atoms with Crippen LogP contribution in [-0.2, 0) is 9.47 Å². The number of benzene rings is 3. The second-order valence-electron chi connectivity index (χ2n) is 10.8. The van der Waals surface area contributed by atoms with Gasteiger partial charge >= 0.3 is 12.5 Å². The summed E-state index contributed by atoms with van der Waals surface area (Å²) in [6, 6.07) is 12.5. The molecule has 2 fully saturated rings. The van der Waals surface area contributed by atoms with Crippen LogP contribution in [0.2, 0.25) is 0 Å². The summed E-state index contributed by atoms with van der Waals surface area (Å²) in [6.45, 7) is 3.03. The lowest BCUT2D eigenvalue weighted by molar-refractivity contribution is -0.274. The van der Waals surface area contributed by atoms with Gasteiger partial charge in [0.1, 0.15) is 23.1 Å². The van der Waals surface area contributed by atoms with Gasteiger partial charge in [0.05, 0.1) is 19.1 Å². The van der Waals surface area contributed by atoms with Gasteiger partial charge in [-0.25, -0.2) is 8.78 Å². The van der Waals surface area contributed by atoms with E-state index in [0.717, 1.165) is 18.2 Å². The number of hydrogen-bond acceptors (Lipinski definition) is 4. The molecule has 226 valence electrons. The summed E-state index contributed by atoms with van der Waals surface area (Å²) in [4.78, 5) is 0. The minimum absolute atomic E-state index is 0.00560. The first-order valence-corrected chi connectivity index (χ1v) is 13.6. The topological polar surface area (TPSA) is 36.9 Å². The lowest BCUT2D eigenvalue weighted by atomic mass is 9.78. The molecule has 0 aromatic heterocycles. The molecule has 0 amide bonds. The van der Waals surface area contributed by atoms with Crippen molar-refractivity contribution in [1.29, 1.82) is 0 Å². The quantitative estimate of drug-likeness (QED) is 0.254. The van der Waals surface area contributed by atoms with Crippen LogP contribution in [0.1, 0.15) is 55.9 Å². The third-order valence-corrected chi connectivity index (χ3v) is 7.60. The first-order valence-electron chi connectivity index (χ1n) is 13.6. The summed E-state index contributed by atoms with van der Waals surface area (Å²) in [5.41, 5.74) is 1.25. The maximum Gasteiger partial charge on any atom is 0.573 e. The second-order valence-corrected chi connectivity index (χ2v) is 10.8. The SMILES string of the molecule is CC1COC(c2ccc(C3CCC(C(F)(F)Oc4ccc(-c5ccc(OC(F)(F)F)cc5)c(F)c4)CC3)c(F)c2)OC1. The van der Waals surface area contributed by atoms with Crippen molar-refractivity contribution in [2.24, 2.45) is 11.8 Å². The van der Waals surface area contributed by atoms with Gasteiger partial charge in [0, 0.05) is 23.1 Å². The molecule has 1 aliphatic carbocycles. The maximum absolute atomic E-state index is 15.1. The Morgan fingerprint density at radius 1 is 0.714 bits per heavy atom. The number of hydrogen-bond donors (Lipinski definition) is 0. The highest BCUT2D eigenvalue weighted by molar-refractivity contribution is 5.65. The molecule has 0 spiro atoms. The molecule has 1 heterocycles. The zero-order valence-electron chi connectivity index (χ0n) is 22.6. The molecule has 4 nitrogen and oxygen atoms in total. The third-order valence-electron chi connectivity index (χ3n) is 7.60. The average molecular weight is 599 g/mol. The zero-order chi connectivity index (χ0) is 30.1. The maximum atomic E-state index is 15.1. The van der Waals surface area contributed by atoms with Crippen molar-refractivity contribution < 1.29 is 49.7 Å². The number of ether oxygens (including phenoxy) is 4. The van der Waals surface area contributed by atoms with Crippen LogP contribution in [0, 0.1) is 23.5 Å². The summed E-state index contributed by atoms with van der Waals surface area (Å²) >= 11 is 0. The highest BCUT2D eigenvalue weighted by atomic mass is 19.4. The van der Waals surface area contributed by atoms with Crippen molar-refractivity contribution in [3.63, 3.8) is 0 Å². The lowest BCUT2D eigenvalue weighted by Crippen LogP contribution is -2.37. The van der Waals surface area contributed by atoms with Crippen molar-refractivity contribution in [2.45, 2.75) is 57.3 Å². The lowest BCUT2D eigenvalue weighted by Gasteiger charge is -2.34. The summed E-state index contributed by atoms with van der Waals surface area (Å²) in [5.74, 6) is -3.29. The molecule has 2 aliphatic rings. The van der Waals surface area contributed by atoms with Crippen LogP contribution in [0.4, 0.5) is 30.7 Å². The van der Waals surface area contributed by atoms with Crippen LogP contribution in [-0.4, -0.2) is 25.7 Å². The predicted molar refractivity (Wildman–Crippen MR) is 139 cm³/mol. The minimum Gasteiger partial charge on any atom is -0.432 e. The first-order chi connectivity index (χ1) is 19.9. The minimum atomic E-state index is -4.86. The van der Waals surface area contributed by atoms with Crippen LogP contribution in [0.3, 0.4) is 0 Å². The van der Waals surface area contributed by atoms with E-state index in [4.69, 9.17) is 14.2 Å². The highest BCUT2D eigenvalue weighted by Crippen LogP contribution is 2.44. The molecule has 3 aromatic rings. The van der Waals surface area contributed by atoms with Crippen LogP contribution >= 0.6 is 0 Å². The molecule has 1 aliphatic heterocycles. The van der Waals surface area contributed by atoms with Gasteiger partial charge in [0.15, 0.2) is 6.29 Å².